The van der Waals surface area contributed by atoms with Gasteiger partial charge >= 0.3 is 6.18 Å². The molecular weight excluding hydrogens is 351 g/mol. The predicted molar refractivity (Wildman–Crippen MR) is 84.7 cm³/mol. The van der Waals surface area contributed by atoms with Crippen LogP contribution in [0.1, 0.15) is 27.6 Å². The summed E-state index contributed by atoms with van der Waals surface area (Å²) < 4.78 is 46.1. The van der Waals surface area contributed by atoms with Gasteiger partial charge in [-0.05, 0) is 17.7 Å². The molecule has 0 unspecified atom stereocenters. The Morgan fingerprint density at radius 3 is 2.50 bits per heavy atom. The number of fused-ring (bicyclic) bond motifs is 1. The summed E-state index contributed by atoms with van der Waals surface area (Å²) in [6, 6.07) is 6.94. The number of carbonyl (C=O) groups is 2. The van der Waals surface area contributed by atoms with E-state index in [2.05, 4.69) is 4.98 Å². The second-order valence-corrected chi connectivity index (χ2v) is 5.82. The van der Waals surface area contributed by atoms with E-state index in [-0.39, 0.29) is 31.9 Å². The van der Waals surface area contributed by atoms with Crippen LogP contribution in [0.2, 0.25) is 0 Å². The molecule has 1 aliphatic rings. The van der Waals surface area contributed by atoms with Gasteiger partial charge in [-0.2, -0.15) is 13.2 Å². The number of amides is 1. The first-order valence-corrected chi connectivity index (χ1v) is 7.87. The third-order valence-electron chi connectivity index (χ3n) is 4.20. The number of benzene rings is 1. The first-order chi connectivity index (χ1) is 12.3. The Balaban J connectivity index is 1.92. The Morgan fingerprint density at radius 2 is 1.92 bits per heavy atom. The van der Waals surface area contributed by atoms with Crippen molar-refractivity contribution in [3.8, 4) is 5.75 Å². The lowest BCUT2D eigenvalue weighted by Crippen LogP contribution is -2.41. The quantitative estimate of drug-likeness (QED) is 0.761. The molecule has 0 aliphatic carbocycles. The Morgan fingerprint density at radius 1 is 1.23 bits per heavy atom. The van der Waals surface area contributed by atoms with Gasteiger partial charge in [0.1, 0.15) is 23.6 Å². The second kappa shape index (κ2) is 6.81. The Kier molecular flexibility index (Phi) is 4.71. The standard InChI is InChI=1S/C17H16F3N3O3/c1-26-12-4-2-11(3-5-12)10-22-7-8-23-13(6-9-24)21-15(17(18,19)20)14(23)16(22)25/h2-5,9H,6-8,10H2,1H3. The molecule has 138 valence electrons. The van der Waals surface area contributed by atoms with Gasteiger partial charge in [0, 0.05) is 19.6 Å². The summed E-state index contributed by atoms with van der Waals surface area (Å²) in [6.45, 7) is 0.565. The molecule has 2 heterocycles. The number of nitrogens with zero attached hydrogens (tertiary/aromatic N) is 3. The first kappa shape index (κ1) is 18.0. The van der Waals surface area contributed by atoms with Crippen LogP contribution < -0.4 is 4.74 Å². The van der Waals surface area contributed by atoms with Crippen molar-refractivity contribution in [3.05, 3.63) is 47.0 Å². The zero-order valence-electron chi connectivity index (χ0n) is 13.9. The lowest BCUT2D eigenvalue weighted by atomic mass is 10.1. The topological polar surface area (TPSA) is 64.4 Å². The number of halogens is 3. The summed E-state index contributed by atoms with van der Waals surface area (Å²) >= 11 is 0. The number of alkyl halides is 3. The molecule has 3 rings (SSSR count). The van der Waals surface area contributed by atoms with Gasteiger partial charge in [0.25, 0.3) is 5.91 Å². The van der Waals surface area contributed by atoms with Gasteiger partial charge in [-0.15, -0.1) is 0 Å². The third kappa shape index (κ3) is 3.29. The SMILES string of the molecule is COc1ccc(CN2CCn3c(CC=O)nc(C(F)(F)F)c3C2=O)cc1. The number of aromatic nitrogens is 2. The highest BCUT2D eigenvalue weighted by Crippen LogP contribution is 2.34. The summed E-state index contributed by atoms with van der Waals surface area (Å²) in [7, 11) is 1.53. The Hall–Kier alpha value is -2.84. The molecule has 2 aromatic rings. The third-order valence-corrected chi connectivity index (χ3v) is 4.20. The minimum atomic E-state index is -4.77. The largest absolute Gasteiger partial charge is 0.497 e. The molecule has 1 aromatic heterocycles. The highest BCUT2D eigenvalue weighted by Gasteiger charge is 2.43. The van der Waals surface area contributed by atoms with Gasteiger partial charge in [0.05, 0.1) is 13.5 Å². The van der Waals surface area contributed by atoms with Crippen LogP contribution in [0.25, 0.3) is 0 Å². The maximum absolute atomic E-state index is 13.3. The molecule has 0 N–H and O–H groups in total. The normalized spacial score (nSPS) is 14.3. The van der Waals surface area contributed by atoms with Gasteiger partial charge in [0.2, 0.25) is 0 Å². The highest BCUT2D eigenvalue weighted by molar-refractivity contribution is 5.94. The van der Waals surface area contributed by atoms with Crippen LogP contribution in [-0.2, 0) is 30.5 Å². The lowest BCUT2D eigenvalue weighted by Gasteiger charge is -2.29. The van der Waals surface area contributed by atoms with Crippen molar-refractivity contribution in [1.82, 2.24) is 14.5 Å². The Bertz CT molecular complexity index is 828. The number of rotatable bonds is 5. The van der Waals surface area contributed by atoms with Crippen LogP contribution in [0.5, 0.6) is 5.75 Å². The molecule has 0 saturated heterocycles. The van der Waals surface area contributed by atoms with Crippen molar-refractivity contribution >= 4 is 12.2 Å². The molecule has 6 nitrogen and oxygen atoms in total. The van der Waals surface area contributed by atoms with Crippen molar-refractivity contribution < 1.29 is 27.5 Å². The lowest BCUT2D eigenvalue weighted by molar-refractivity contribution is -0.141. The van der Waals surface area contributed by atoms with Crippen molar-refractivity contribution in [2.75, 3.05) is 13.7 Å². The molecule has 0 saturated carbocycles. The average Bonchev–Trinajstić information content (AvgIpc) is 2.98. The van der Waals surface area contributed by atoms with Gasteiger partial charge in [-0.3, -0.25) is 4.79 Å². The molecule has 0 fully saturated rings. The smallest absolute Gasteiger partial charge is 0.435 e. The molecule has 0 bridgehead atoms. The van der Waals surface area contributed by atoms with E-state index in [4.69, 9.17) is 4.74 Å². The minimum absolute atomic E-state index is 0.0419. The molecule has 1 amide bonds. The van der Waals surface area contributed by atoms with Crippen molar-refractivity contribution in [3.63, 3.8) is 0 Å². The fourth-order valence-electron chi connectivity index (χ4n) is 2.96. The summed E-state index contributed by atoms with van der Waals surface area (Å²) in [4.78, 5) is 28.3. The minimum Gasteiger partial charge on any atom is -0.497 e. The molecule has 0 atom stereocenters. The van der Waals surface area contributed by atoms with Gasteiger partial charge in [-0.25, -0.2) is 4.98 Å². The molecule has 26 heavy (non-hydrogen) atoms. The number of methoxy groups -OCH3 is 1. The van der Waals surface area contributed by atoms with Crippen LogP contribution >= 0.6 is 0 Å². The van der Waals surface area contributed by atoms with Crippen LogP contribution in [0.15, 0.2) is 24.3 Å². The average molecular weight is 367 g/mol. The zero-order valence-corrected chi connectivity index (χ0v) is 13.9. The number of ether oxygens (including phenoxy) is 1. The van der Waals surface area contributed by atoms with Crippen LogP contribution in [0, 0.1) is 0 Å². The molecule has 1 aliphatic heterocycles. The van der Waals surface area contributed by atoms with Crippen LogP contribution in [-0.4, -0.2) is 40.3 Å². The molecule has 1 aromatic carbocycles. The van der Waals surface area contributed by atoms with E-state index < -0.39 is 23.5 Å². The summed E-state index contributed by atoms with van der Waals surface area (Å²) in [5, 5.41) is 0. The molecule has 9 heteroatoms. The molecular formula is C17H16F3N3O3. The number of hydrogen-bond donors (Lipinski definition) is 0. The van der Waals surface area contributed by atoms with E-state index in [1.807, 2.05) is 0 Å². The fourth-order valence-corrected chi connectivity index (χ4v) is 2.96. The Labute approximate surface area is 147 Å². The van der Waals surface area contributed by atoms with Gasteiger partial charge in [-0.1, -0.05) is 12.1 Å². The van der Waals surface area contributed by atoms with Crippen molar-refractivity contribution in [1.29, 1.82) is 0 Å². The van der Waals surface area contributed by atoms with Crippen molar-refractivity contribution in [2.45, 2.75) is 25.7 Å². The van der Waals surface area contributed by atoms with E-state index in [1.165, 1.54) is 16.6 Å². The van der Waals surface area contributed by atoms with E-state index >= 15 is 0 Å². The summed E-state index contributed by atoms with van der Waals surface area (Å²) in [6.07, 6.45) is -4.56. The predicted octanol–water partition coefficient (Wildman–Crippen LogP) is 2.31. The number of carbonyl (C=O) groups excluding carboxylic acids is 2. The number of hydrogen-bond acceptors (Lipinski definition) is 4. The maximum atomic E-state index is 13.3. The zero-order chi connectivity index (χ0) is 18.9. The number of aldehydes is 1. The summed E-state index contributed by atoms with van der Waals surface area (Å²) in [5.74, 6) is -0.140. The number of imidazole rings is 1. The fraction of sp³-hybridized carbons (Fsp3) is 0.353. The first-order valence-electron chi connectivity index (χ1n) is 7.87. The monoisotopic (exact) mass is 367 g/mol. The highest BCUT2D eigenvalue weighted by atomic mass is 19.4. The van der Waals surface area contributed by atoms with Gasteiger partial charge in [0.15, 0.2) is 5.69 Å². The van der Waals surface area contributed by atoms with Crippen LogP contribution in [0.4, 0.5) is 13.2 Å². The molecule has 0 spiro atoms. The van der Waals surface area contributed by atoms with E-state index in [0.717, 1.165) is 5.56 Å². The van der Waals surface area contributed by atoms with E-state index in [9.17, 15) is 22.8 Å². The van der Waals surface area contributed by atoms with Crippen molar-refractivity contribution in [2.24, 2.45) is 0 Å². The maximum Gasteiger partial charge on any atom is 0.435 e. The van der Waals surface area contributed by atoms with Gasteiger partial charge < -0.3 is 19.0 Å². The second-order valence-electron chi connectivity index (χ2n) is 5.82. The van der Waals surface area contributed by atoms with E-state index in [0.29, 0.717) is 12.0 Å². The van der Waals surface area contributed by atoms with E-state index in [1.54, 1.807) is 24.3 Å². The molecule has 0 radical (unpaired) electrons. The summed E-state index contributed by atoms with van der Waals surface area (Å²) in [5.41, 5.74) is -0.971. The van der Waals surface area contributed by atoms with Crippen LogP contribution in [0.3, 0.4) is 0 Å².